The Labute approximate surface area is 90.5 Å². The summed E-state index contributed by atoms with van der Waals surface area (Å²) in [6, 6.07) is 0. The molecule has 0 aliphatic rings. The Kier molecular flexibility index (Phi) is 5.88. The molecule has 0 aromatic rings. The van der Waals surface area contributed by atoms with E-state index in [-0.39, 0.29) is 16.7 Å². The highest BCUT2D eigenvalue weighted by Gasteiger charge is 2.17. The van der Waals surface area contributed by atoms with E-state index in [0.29, 0.717) is 6.54 Å². The first kappa shape index (κ1) is 13.5. The van der Waals surface area contributed by atoms with Gasteiger partial charge in [0.15, 0.2) is 0 Å². The molecule has 0 aliphatic carbocycles. The Balaban J connectivity index is 3.78. The van der Waals surface area contributed by atoms with Gasteiger partial charge >= 0.3 is 0 Å². The molecule has 0 aromatic carbocycles. The number of amides is 1. The third kappa shape index (κ3) is 6.97. The van der Waals surface area contributed by atoms with Crippen molar-refractivity contribution in [3.8, 4) is 0 Å². The van der Waals surface area contributed by atoms with Gasteiger partial charge in [0.05, 0.1) is 5.25 Å². The highest BCUT2D eigenvalue weighted by Crippen LogP contribution is 2.15. The van der Waals surface area contributed by atoms with Crippen LogP contribution in [0.1, 0.15) is 20.8 Å². The lowest BCUT2D eigenvalue weighted by atomic mass is 10.1. The fraction of sp³-hybridized carbons (Fsp3) is 0.700. The maximum Gasteiger partial charge on any atom is 0.233 e. The van der Waals surface area contributed by atoms with Crippen molar-refractivity contribution in [2.75, 3.05) is 12.3 Å². The van der Waals surface area contributed by atoms with Crippen molar-refractivity contribution >= 4 is 17.7 Å². The highest BCUT2D eigenvalue weighted by atomic mass is 32.2. The molecule has 14 heavy (non-hydrogen) atoms. The molecule has 0 aromatic heterocycles. The molecule has 0 spiro atoms. The Hall–Kier alpha value is -0.480. The van der Waals surface area contributed by atoms with Crippen molar-refractivity contribution in [2.45, 2.75) is 31.6 Å². The second-order valence-electron chi connectivity index (χ2n) is 3.98. The first-order valence-electron chi connectivity index (χ1n) is 4.66. The van der Waals surface area contributed by atoms with Crippen LogP contribution in [0.2, 0.25) is 0 Å². The minimum Gasteiger partial charge on any atom is -0.352 e. The van der Waals surface area contributed by atoms with Crippen molar-refractivity contribution < 1.29 is 4.79 Å². The number of hydrogen-bond donors (Lipinski definition) is 2. The first-order valence-corrected chi connectivity index (χ1v) is 5.71. The summed E-state index contributed by atoms with van der Waals surface area (Å²) in [6.07, 6.45) is 1.67. The van der Waals surface area contributed by atoms with Gasteiger partial charge in [0.1, 0.15) is 0 Å². The van der Waals surface area contributed by atoms with Gasteiger partial charge in [-0.25, -0.2) is 0 Å². The lowest BCUT2D eigenvalue weighted by molar-refractivity contribution is -0.120. The molecule has 1 amide bonds. The van der Waals surface area contributed by atoms with Gasteiger partial charge in [0.25, 0.3) is 0 Å². The van der Waals surface area contributed by atoms with Gasteiger partial charge in [-0.3, -0.25) is 4.79 Å². The standard InChI is InChI=1S/C10H20N2OS/c1-5-6-12-9(13)8(2)14-7-10(3,4)11/h5,8H,1,6-7,11H2,2-4H3,(H,12,13). The summed E-state index contributed by atoms with van der Waals surface area (Å²) in [5.41, 5.74) is 5.59. The third-order valence-electron chi connectivity index (χ3n) is 1.50. The lowest BCUT2D eigenvalue weighted by Gasteiger charge is -2.20. The van der Waals surface area contributed by atoms with Gasteiger partial charge in [0, 0.05) is 17.8 Å². The van der Waals surface area contributed by atoms with Crippen LogP contribution >= 0.6 is 11.8 Å². The molecule has 3 nitrogen and oxygen atoms in total. The van der Waals surface area contributed by atoms with Crippen molar-refractivity contribution in [3.05, 3.63) is 12.7 Å². The molecule has 1 unspecified atom stereocenters. The average Bonchev–Trinajstić information content (AvgIpc) is 2.09. The molecule has 0 rings (SSSR count). The van der Waals surface area contributed by atoms with Gasteiger partial charge < -0.3 is 11.1 Å². The topological polar surface area (TPSA) is 55.1 Å². The van der Waals surface area contributed by atoms with E-state index in [2.05, 4.69) is 11.9 Å². The number of carbonyl (C=O) groups excluding carboxylic acids is 1. The Morgan fingerprint density at radius 2 is 2.29 bits per heavy atom. The molecule has 1 atom stereocenters. The molecule has 4 heteroatoms. The smallest absolute Gasteiger partial charge is 0.233 e. The van der Waals surface area contributed by atoms with Crippen LogP contribution in [0, 0.1) is 0 Å². The number of nitrogens with one attached hydrogen (secondary N) is 1. The third-order valence-corrected chi connectivity index (χ3v) is 3.12. The van der Waals surface area contributed by atoms with E-state index in [1.54, 1.807) is 17.8 Å². The molecular weight excluding hydrogens is 196 g/mol. The zero-order valence-electron chi connectivity index (χ0n) is 9.17. The Morgan fingerprint density at radius 3 is 2.71 bits per heavy atom. The fourth-order valence-corrected chi connectivity index (χ4v) is 1.65. The molecule has 0 bridgehead atoms. The second kappa shape index (κ2) is 6.09. The molecule has 0 aliphatic heterocycles. The lowest BCUT2D eigenvalue weighted by Crippen LogP contribution is -2.37. The molecule has 0 saturated heterocycles. The van der Waals surface area contributed by atoms with E-state index >= 15 is 0 Å². The molecule has 3 N–H and O–H groups in total. The van der Waals surface area contributed by atoms with Gasteiger partial charge in [0.2, 0.25) is 5.91 Å². The van der Waals surface area contributed by atoms with E-state index in [9.17, 15) is 4.79 Å². The number of hydrogen-bond acceptors (Lipinski definition) is 3. The first-order chi connectivity index (χ1) is 6.37. The number of nitrogens with two attached hydrogens (primary N) is 1. The minimum absolute atomic E-state index is 0.0409. The highest BCUT2D eigenvalue weighted by molar-refractivity contribution is 8.00. The Bertz CT molecular complexity index is 199. The van der Waals surface area contributed by atoms with Gasteiger partial charge in [-0.05, 0) is 20.8 Å². The van der Waals surface area contributed by atoms with Crippen LogP contribution < -0.4 is 11.1 Å². The van der Waals surface area contributed by atoms with Crippen LogP contribution in [-0.4, -0.2) is 29.0 Å². The molecule has 0 saturated carbocycles. The van der Waals surface area contributed by atoms with E-state index in [4.69, 9.17) is 5.73 Å². The van der Waals surface area contributed by atoms with E-state index in [0.717, 1.165) is 5.75 Å². The number of rotatable bonds is 6. The van der Waals surface area contributed by atoms with E-state index < -0.39 is 0 Å². The van der Waals surface area contributed by atoms with E-state index in [1.165, 1.54) is 0 Å². The summed E-state index contributed by atoms with van der Waals surface area (Å²) >= 11 is 1.57. The van der Waals surface area contributed by atoms with Crippen LogP contribution in [-0.2, 0) is 4.79 Å². The zero-order chi connectivity index (χ0) is 11.2. The molecular formula is C10H20N2OS. The summed E-state index contributed by atoms with van der Waals surface area (Å²) in [6.45, 7) is 9.85. The maximum absolute atomic E-state index is 11.4. The van der Waals surface area contributed by atoms with Crippen molar-refractivity contribution in [2.24, 2.45) is 5.73 Å². The largest absolute Gasteiger partial charge is 0.352 e. The predicted molar refractivity (Wildman–Crippen MR) is 63.4 cm³/mol. The SMILES string of the molecule is C=CCNC(=O)C(C)SCC(C)(C)N. The molecule has 0 heterocycles. The van der Waals surface area contributed by atoms with Crippen LogP contribution in [0.15, 0.2) is 12.7 Å². The van der Waals surface area contributed by atoms with Crippen molar-refractivity contribution in [1.29, 1.82) is 0 Å². The molecule has 82 valence electrons. The molecule has 0 fully saturated rings. The quantitative estimate of drug-likeness (QED) is 0.655. The van der Waals surface area contributed by atoms with E-state index in [1.807, 2.05) is 20.8 Å². The van der Waals surface area contributed by atoms with Crippen LogP contribution in [0.4, 0.5) is 0 Å². The summed E-state index contributed by atoms with van der Waals surface area (Å²) in [5, 5.41) is 2.69. The summed E-state index contributed by atoms with van der Waals surface area (Å²) in [4.78, 5) is 11.4. The zero-order valence-corrected chi connectivity index (χ0v) is 9.99. The summed E-state index contributed by atoms with van der Waals surface area (Å²) in [7, 11) is 0. The van der Waals surface area contributed by atoms with Gasteiger partial charge in [-0.2, -0.15) is 0 Å². The fourth-order valence-electron chi connectivity index (χ4n) is 0.732. The summed E-state index contributed by atoms with van der Waals surface area (Å²) < 4.78 is 0. The van der Waals surface area contributed by atoms with Gasteiger partial charge in [-0.1, -0.05) is 6.08 Å². The van der Waals surface area contributed by atoms with Crippen LogP contribution in [0.25, 0.3) is 0 Å². The monoisotopic (exact) mass is 216 g/mol. The number of thioether (sulfide) groups is 1. The van der Waals surface area contributed by atoms with Crippen LogP contribution in [0.3, 0.4) is 0 Å². The molecule has 0 radical (unpaired) electrons. The maximum atomic E-state index is 11.4. The van der Waals surface area contributed by atoms with Crippen LogP contribution in [0.5, 0.6) is 0 Å². The van der Waals surface area contributed by atoms with Crippen molar-refractivity contribution in [3.63, 3.8) is 0 Å². The predicted octanol–water partition coefficient (Wildman–Crippen LogP) is 1.15. The Morgan fingerprint density at radius 1 is 1.71 bits per heavy atom. The number of carbonyl (C=O) groups is 1. The minimum atomic E-state index is -0.225. The van der Waals surface area contributed by atoms with Crippen molar-refractivity contribution in [1.82, 2.24) is 5.32 Å². The average molecular weight is 216 g/mol. The second-order valence-corrected chi connectivity index (χ2v) is 5.30. The van der Waals surface area contributed by atoms with Gasteiger partial charge in [-0.15, -0.1) is 18.3 Å². The summed E-state index contributed by atoms with van der Waals surface area (Å²) in [5.74, 6) is 0.814. The normalized spacial score (nSPS) is 13.4.